The summed E-state index contributed by atoms with van der Waals surface area (Å²) in [6.45, 7) is 7.66. The van der Waals surface area contributed by atoms with Crippen molar-refractivity contribution in [2.45, 2.75) is 33.1 Å². The minimum Gasteiger partial charge on any atom is -0.457 e. The van der Waals surface area contributed by atoms with E-state index in [0.29, 0.717) is 24.8 Å². The first-order chi connectivity index (χ1) is 18.9. The quantitative estimate of drug-likeness (QED) is 0.281. The number of nitrogens with zero attached hydrogens (tertiary/aromatic N) is 7. The van der Waals surface area contributed by atoms with Gasteiger partial charge in [-0.25, -0.2) is 19.0 Å². The molecular weight excluding hydrogens is 492 g/mol. The molecule has 10 heteroatoms. The molecule has 0 aliphatic carbocycles. The SMILES string of the molecule is Cc1cc(Nc2ncnn3ccc(C4CN(C(=O)/C=C/CC(C)C)C4)c23)ccc1Oc1ccn2ncnc2c1. The van der Waals surface area contributed by atoms with Crippen LogP contribution in [0.2, 0.25) is 0 Å². The summed E-state index contributed by atoms with van der Waals surface area (Å²) in [6, 6.07) is 11.7. The van der Waals surface area contributed by atoms with Crippen LogP contribution < -0.4 is 10.1 Å². The van der Waals surface area contributed by atoms with Crippen molar-refractivity contribution in [3.05, 3.63) is 84.7 Å². The van der Waals surface area contributed by atoms with Crippen LogP contribution in [0.3, 0.4) is 0 Å². The maximum atomic E-state index is 12.5. The van der Waals surface area contributed by atoms with Gasteiger partial charge in [0.1, 0.15) is 29.7 Å². The summed E-state index contributed by atoms with van der Waals surface area (Å²) in [5, 5.41) is 12.0. The van der Waals surface area contributed by atoms with Crippen LogP contribution in [0.4, 0.5) is 11.5 Å². The lowest BCUT2D eigenvalue weighted by molar-refractivity contribution is -0.130. The molecule has 198 valence electrons. The lowest BCUT2D eigenvalue weighted by Crippen LogP contribution is -2.47. The number of allylic oxidation sites excluding steroid dienone is 1. The molecule has 1 aromatic carbocycles. The maximum Gasteiger partial charge on any atom is 0.246 e. The van der Waals surface area contributed by atoms with Gasteiger partial charge in [-0.05, 0) is 66.8 Å². The fourth-order valence-corrected chi connectivity index (χ4v) is 4.77. The molecule has 0 unspecified atom stereocenters. The molecule has 5 heterocycles. The van der Waals surface area contributed by atoms with Crippen molar-refractivity contribution in [1.82, 2.24) is 34.1 Å². The monoisotopic (exact) mass is 522 g/mol. The topological polar surface area (TPSA) is 102 Å². The fraction of sp³-hybridized carbons (Fsp3) is 0.276. The highest BCUT2D eigenvalue weighted by atomic mass is 16.5. The molecule has 1 saturated heterocycles. The summed E-state index contributed by atoms with van der Waals surface area (Å²) in [6.07, 6.45) is 11.4. The second-order valence-electron chi connectivity index (χ2n) is 10.3. The molecule has 1 N–H and O–H groups in total. The smallest absolute Gasteiger partial charge is 0.246 e. The molecule has 5 aromatic rings. The van der Waals surface area contributed by atoms with E-state index < -0.39 is 0 Å². The van der Waals surface area contributed by atoms with Crippen LogP contribution >= 0.6 is 0 Å². The molecule has 0 saturated carbocycles. The first kappa shape index (κ1) is 24.6. The number of anilines is 2. The number of nitrogens with one attached hydrogen (secondary N) is 1. The predicted octanol–water partition coefficient (Wildman–Crippen LogP) is 5.14. The molecule has 1 amide bonds. The Morgan fingerprint density at radius 3 is 2.69 bits per heavy atom. The van der Waals surface area contributed by atoms with E-state index in [1.807, 2.05) is 65.1 Å². The molecule has 39 heavy (non-hydrogen) atoms. The molecular formula is C29H30N8O2. The fourth-order valence-electron chi connectivity index (χ4n) is 4.77. The Morgan fingerprint density at radius 2 is 1.87 bits per heavy atom. The van der Waals surface area contributed by atoms with Crippen molar-refractivity contribution in [3.63, 3.8) is 0 Å². The zero-order valence-electron chi connectivity index (χ0n) is 22.2. The van der Waals surface area contributed by atoms with Crippen molar-refractivity contribution in [1.29, 1.82) is 0 Å². The van der Waals surface area contributed by atoms with E-state index in [2.05, 4.69) is 45.4 Å². The number of carbonyl (C=O) groups excluding carboxylic acids is 1. The molecule has 10 nitrogen and oxygen atoms in total. The van der Waals surface area contributed by atoms with Crippen LogP contribution in [0, 0.1) is 12.8 Å². The van der Waals surface area contributed by atoms with Gasteiger partial charge >= 0.3 is 0 Å². The Bertz CT molecular complexity index is 1680. The second kappa shape index (κ2) is 10.2. The molecule has 0 bridgehead atoms. The van der Waals surface area contributed by atoms with Gasteiger partial charge in [-0.2, -0.15) is 10.2 Å². The molecule has 1 aliphatic rings. The molecule has 0 spiro atoms. The summed E-state index contributed by atoms with van der Waals surface area (Å²) < 4.78 is 9.64. The van der Waals surface area contributed by atoms with Gasteiger partial charge in [0.15, 0.2) is 11.5 Å². The Labute approximate surface area is 226 Å². The van der Waals surface area contributed by atoms with Gasteiger partial charge in [0, 0.05) is 43.2 Å². The molecule has 1 fully saturated rings. The number of ether oxygens (including phenoxy) is 1. The van der Waals surface area contributed by atoms with E-state index in [-0.39, 0.29) is 11.8 Å². The van der Waals surface area contributed by atoms with Crippen LogP contribution in [-0.2, 0) is 4.79 Å². The highest BCUT2D eigenvalue weighted by Gasteiger charge is 2.33. The second-order valence-corrected chi connectivity index (χ2v) is 10.3. The van der Waals surface area contributed by atoms with Gasteiger partial charge in [-0.3, -0.25) is 4.79 Å². The Hall–Kier alpha value is -4.73. The van der Waals surface area contributed by atoms with Crippen molar-refractivity contribution < 1.29 is 9.53 Å². The zero-order valence-corrected chi connectivity index (χ0v) is 22.2. The van der Waals surface area contributed by atoms with Gasteiger partial charge in [-0.15, -0.1) is 0 Å². The average Bonchev–Trinajstić information content (AvgIpc) is 3.52. The number of aromatic nitrogens is 6. The Balaban J connectivity index is 1.17. The van der Waals surface area contributed by atoms with Crippen LogP contribution in [0.25, 0.3) is 11.2 Å². The summed E-state index contributed by atoms with van der Waals surface area (Å²) in [5.74, 6) is 3.02. The van der Waals surface area contributed by atoms with Gasteiger partial charge in [0.2, 0.25) is 5.91 Å². The third kappa shape index (κ3) is 5.05. The van der Waals surface area contributed by atoms with E-state index >= 15 is 0 Å². The number of rotatable bonds is 8. The number of carbonyl (C=O) groups is 1. The maximum absolute atomic E-state index is 12.5. The average molecular weight is 523 g/mol. The van der Waals surface area contributed by atoms with Crippen LogP contribution in [-0.4, -0.2) is 53.1 Å². The molecule has 4 aromatic heterocycles. The lowest BCUT2D eigenvalue weighted by Gasteiger charge is -2.38. The number of likely N-dealkylation sites (tertiary alicyclic amines) is 1. The van der Waals surface area contributed by atoms with Crippen molar-refractivity contribution >= 4 is 28.6 Å². The molecule has 0 atom stereocenters. The largest absolute Gasteiger partial charge is 0.457 e. The minimum atomic E-state index is 0.0733. The van der Waals surface area contributed by atoms with Crippen molar-refractivity contribution in [2.75, 3.05) is 18.4 Å². The Kier molecular flexibility index (Phi) is 6.44. The number of fused-ring (bicyclic) bond motifs is 2. The van der Waals surface area contributed by atoms with Crippen molar-refractivity contribution in [2.24, 2.45) is 5.92 Å². The summed E-state index contributed by atoms with van der Waals surface area (Å²) in [7, 11) is 0. The summed E-state index contributed by atoms with van der Waals surface area (Å²) in [4.78, 5) is 23.1. The third-order valence-electron chi connectivity index (χ3n) is 6.90. The van der Waals surface area contributed by atoms with Crippen LogP contribution in [0.15, 0.2) is 73.6 Å². The van der Waals surface area contributed by atoms with E-state index in [1.54, 1.807) is 16.9 Å². The third-order valence-corrected chi connectivity index (χ3v) is 6.90. The number of hydrogen-bond acceptors (Lipinski definition) is 7. The van der Waals surface area contributed by atoms with Gasteiger partial charge in [0.25, 0.3) is 0 Å². The molecule has 6 rings (SSSR count). The molecule has 1 aliphatic heterocycles. The summed E-state index contributed by atoms with van der Waals surface area (Å²) >= 11 is 0. The zero-order chi connectivity index (χ0) is 26.9. The number of pyridine rings is 1. The standard InChI is InChI=1S/C29H30N8O2/c1-19(2)5-4-6-27(38)35-15-21(16-35)24-10-12-37-28(24)29(31-18-33-37)34-22-7-8-25(20(3)13-22)39-23-9-11-36-26(14-23)30-17-32-36/h4,6-14,17-19,21H,5,15-16H2,1-3H3,(H,31,33,34)/b6-4+. The van der Waals surface area contributed by atoms with Gasteiger partial charge in [0.05, 0.1) is 0 Å². The first-order valence-corrected chi connectivity index (χ1v) is 13.1. The number of benzene rings is 1. The number of aryl methyl sites for hydroxylation is 1. The highest BCUT2D eigenvalue weighted by molar-refractivity contribution is 5.88. The summed E-state index contributed by atoms with van der Waals surface area (Å²) in [5.41, 5.74) is 4.64. The lowest BCUT2D eigenvalue weighted by atomic mass is 9.92. The number of amides is 1. The molecule has 0 radical (unpaired) electrons. The highest BCUT2D eigenvalue weighted by Crippen LogP contribution is 2.35. The number of hydrogen-bond donors (Lipinski definition) is 1. The van der Waals surface area contributed by atoms with E-state index in [1.165, 1.54) is 6.33 Å². The first-order valence-electron chi connectivity index (χ1n) is 13.1. The normalized spacial score (nSPS) is 14.0. The van der Waals surface area contributed by atoms with Crippen LogP contribution in [0.5, 0.6) is 11.5 Å². The van der Waals surface area contributed by atoms with Gasteiger partial charge in [-0.1, -0.05) is 19.9 Å². The van der Waals surface area contributed by atoms with Gasteiger partial charge < -0.3 is 15.0 Å². The minimum absolute atomic E-state index is 0.0733. The van der Waals surface area contributed by atoms with Crippen molar-refractivity contribution in [3.8, 4) is 11.5 Å². The van der Waals surface area contributed by atoms with E-state index in [0.717, 1.165) is 46.0 Å². The Morgan fingerprint density at radius 1 is 1.08 bits per heavy atom. The van der Waals surface area contributed by atoms with E-state index in [4.69, 9.17) is 4.74 Å². The van der Waals surface area contributed by atoms with Crippen LogP contribution in [0.1, 0.15) is 37.3 Å². The predicted molar refractivity (Wildman–Crippen MR) is 148 cm³/mol. The van der Waals surface area contributed by atoms with E-state index in [9.17, 15) is 4.79 Å².